The number of ether oxygens (including phenoxy) is 1. The Kier molecular flexibility index (Phi) is 7.57. The van der Waals surface area contributed by atoms with Crippen molar-refractivity contribution < 1.29 is 19.7 Å². The molecule has 1 aromatic rings. The summed E-state index contributed by atoms with van der Waals surface area (Å²) in [7, 11) is 0. The summed E-state index contributed by atoms with van der Waals surface area (Å²) in [5, 5.41) is 18.4. The second-order valence-electron chi connectivity index (χ2n) is 6.80. The van der Waals surface area contributed by atoms with Crippen molar-refractivity contribution in [1.29, 1.82) is 0 Å². The SMILES string of the molecule is CCC(O)CCCCCC1CCCc2c(OCC(=O)O)cccc21. The third-order valence-electron chi connectivity index (χ3n) is 5.00. The van der Waals surface area contributed by atoms with Gasteiger partial charge in [-0.05, 0) is 61.6 Å². The topological polar surface area (TPSA) is 66.8 Å². The standard InChI is InChI=1S/C20H30O4/c1-2-16(21)10-5-3-4-8-15-9-6-12-18-17(15)11-7-13-19(18)24-14-20(22)23/h7,11,13,15-16,21H,2-6,8-10,12,14H2,1H3,(H,22,23). The molecule has 0 radical (unpaired) electrons. The van der Waals surface area contributed by atoms with Crippen LogP contribution in [0.1, 0.15) is 75.3 Å². The van der Waals surface area contributed by atoms with E-state index in [1.165, 1.54) is 24.0 Å². The largest absolute Gasteiger partial charge is 0.482 e. The van der Waals surface area contributed by atoms with Gasteiger partial charge < -0.3 is 14.9 Å². The molecule has 0 saturated heterocycles. The molecular weight excluding hydrogens is 304 g/mol. The van der Waals surface area contributed by atoms with Crippen molar-refractivity contribution in [1.82, 2.24) is 0 Å². The van der Waals surface area contributed by atoms with E-state index in [0.717, 1.165) is 50.7 Å². The minimum absolute atomic E-state index is 0.144. The number of fused-ring (bicyclic) bond motifs is 1. The van der Waals surface area contributed by atoms with Crippen molar-refractivity contribution in [2.24, 2.45) is 0 Å². The molecule has 1 aliphatic carbocycles. The van der Waals surface area contributed by atoms with E-state index in [2.05, 4.69) is 6.07 Å². The van der Waals surface area contributed by atoms with Crippen LogP contribution in [0, 0.1) is 0 Å². The summed E-state index contributed by atoms with van der Waals surface area (Å²) in [6, 6.07) is 6.04. The lowest BCUT2D eigenvalue weighted by Gasteiger charge is -2.27. The number of rotatable bonds is 10. The summed E-state index contributed by atoms with van der Waals surface area (Å²) < 4.78 is 5.47. The Morgan fingerprint density at radius 1 is 1.33 bits per heavy atom. The van der Waals surface area contributed by atoms with Crippen LogP contribution in [0.25, 0.3) is 0 Å². The van der Waals surface area contributed by atoms with Gasteiger partial charge in [0, 0.05) is 0 Å². The van der Waals surface area contributed by atoms with Crippen LogP contribution in [0.4, 0.5) is 0 Å². The number of unbranched alkanes of at least 4 members (excludes halogenated alkanes) is 2. The van der Waals surface area contributed by atoms with Gasteiger partial charge in [0.2, 0.25) is 0 Å². The Bertz CT molecular complexity index is 526. The van der Waals surface area contributed by atoms with Gasteiger partial charge in [-0.15, -0.1) is 0 Å². The Hall–Kier alpha value is -1.55. The maximum Gasteiger partial charge on any atom is 0.341 e. The molecule has 1 aromatic carbocycles. The number of hydrogen-bond donors (Lipinski definition) is 2. The van der Waals surface area contributed by atoms with Gasteiger partial charge in [0.25, 0.3) is 0 Å². The van der Waals surface area contributed by atoms with Gasteiger partial charge in [-0.1, -0.05) is 38.3 Å². The summed E-state index contributed by atoms with van der Waals surface area (Å²) in [6.07, 6.45) is 9.53. The van der Waals surface area contributed by atoms with Gasteiger partial charge in [-0.3, -0.25) is 0 Å². The van der Waals surface area contributed by atoms with Gasteiger partial charge in [-0.25, -0.2) is 4.79 Å². The van der Waals surface area contributed by atoms with E-state index in [-0.39, 0.29) is 12.7 Å². The molecule has 0 aliphatic heterocycles. The number of carboxylic acid groups (broad SMARTS) is 1. The van der Waals surface area contributed by atoms with Crippen LogP contribution < -0.4 is 4.74 Å². The molecule has 0 saturated carbocycles. The summed E-state index contributed by atoms with van der Waals surface area (Å²) >= 11 is 0. The zero-order chi connectivity index (χ0) is 17.4. The van der Waals surface area contributed by atoms with Crippen LogP contribution in [-0.4, -0.2) is 28.9 Å². The predicted molar refractivity (Wildman–Crippen MR) is 94.6 cm³/mol. The molecule has 0 bridgehead atoms. The number of carbonyl (C=O) groups is 1. The first-order chi connectivity index (χ1) is 11.6. The van der Waals surface area contributed by atoms with E-state index in [0.29, 0.717) is 5.92 Å². The van der Waals surface area contributed by atoms with E-state index >= 15 is 0 Å². The molecule has 2 unspecified atom stereocenters. The molecule has 134 valence electrons. The third-order valence-corrected chi connectivity index (χ3v) is 5.00. The van der Waals surface area contributed by atoms with Crippen LogP contribution in [0.3, 0.4) is 0 Å². The Balaban J connectivity index is 1.89. The highest BCUT2D eigenvalue weighted by Crippen LogP contribution is 2.39. The smallest absolute Gasteiger partial charge is 0.341 e. The molecule has 2 N–H and O–H groups in total. The van der Waals surface area contributed by atoms with Gasteiger partial charge in [0.1, 0.15) is 5.75 Å². The monoisotopic (exact) mass is 334 g/mol. The van der Waals surface area contributed by atoms with Gasteiger partial charge in [0.15, 0.2) is 6.61 Å². The van der Waals surface area contributed by atoms with Crippen LogP contribution in [0.2, 0.25) is 0 Å². The summed E-state index contributed by atoms with van der Waals surface area (Å²) in [4.78, 5) is 10.7. The number of carboxylic acids is 1. The zero-order valence-electron chi connectivity index (χ0n) is 14.7. The summed E-state index contributed by atoms with van der Waals surface area (Å²) in [6.45, 7) is 1.74. The normalized spacial score (nSPS) is 18.0. The van der Waals surface area contributed by atoms with Crippen molar-refractivity contribution in [2.75, 3.05) is 6.61 Å². The van der Waals surface area contributed by atoms with E-state index in [9.17, 15) is 9.90 Å². The number of aliphatic hydroxyl groups excluding tert-OH is 1. The van der Waals surface area contributed by atoms with Crippen LogP contribution in [-0.2, 0) is 11.2 Å². The number of aliphatic carboxylic acids is 1. The maximum absolute atomic E-state index is 10.7. The lowest BCUT2D eigenvalue weighted by Crippen LogP contribution is -2.15. The van der Waals surface area contributed by atoms with E-state index in [1.54, 1.807) is 0 Å². The highest BCUT2D eigenvalue weighted by Gasteiger charge is 2.22. The molecule has 4 heteroatoms. The second kappa shape index (κ2) is 9.67. The maximum atomic E-state index is 10.7. The highest BCUT2D eigenvalue weighted by molar-refractivity contribution is 5.68. The van der Waals surface area contributed by atoms with E-state index in [1.807, 2.05) is 19.1 Å². The van der Waals surface area contributed by atoms with Crippen LogP contribution in [0.15, 0.2) is 18.2 Å². The molecule has 0 amide bonds. The predicted octanol–water partition coefficient (Wildman–Crippen LogP) is 4.29. The fraction of sp³-hybridized carbons (Fsp3) is 0.650. The average molecular weight is 334 g/mol. The fourth-order valence-electron chi connectivity index (χ4n) is 3.64. The molecule has 1 aliphatic rings. The van der Waals surface area contributed by atoms with Crippen molar-refractivity contribution in [3.63, 3.8) is 0 Å². The molecule has 2 rings (SSSR count). The lowest BCUT2D eigenvalue weighted by molar-refractivity contribution is -0.139. The molecule has 24 heavy (non-hydrogen) atoms. The number of aliphatic hydroxyl groups is 1. The van der Waals surface area contributed by atoms with Crippen molar-refractivity contribution in [3.8, 4) is 5.75 Å². The first-order valence-corrected chi connectivity index (χ1v) is 9.26. The van der Waals surface area contributed by atoms with Gasteiger partial charge in [0.05, 0.1) is 6.10 Å². The van der Waals surface area contributed by atoms with E-state index in [4.69, 9.17) is 9.84 Å². The molecule has 0 fully saturated rings. The van der Waals surface area contributed by atoms with Crippen molar-refractivity contribution >= 4 is 5.97 Å². The second-order valence-corrected chi connectivity index (χ2v) is 6.80. The van der Waals surface area contributed by atoms with E-state index < -0.39 is 5.97 Å². The zero-order valence-corrected chi connectivity index (χ0v) is 14.7. The molecule has 0 spiro atoms. The third kappa shape index (κ3) is 5.52. The molecule has 4 nitrogen and oxygen atoms in total. The van der Waals surface area contributed by atoms with Gasteiger partial charge in [-0.2, -0.15) is 0 Å². The molecule has 2 atom stereocenters. The average Bonchev–Trinajstić information content (AvgIpc) is 2.59. The summed E-state index contributed by atoms with van der Waals surface area (Å²) in [5.74, 6) is 0.359. The first-order valence-electron chi connectivity index (χ1n) is 9.26. The quantitative estimate of drug-likeness (QED) is 0.626. The van der Waals surface area contributed by atoms with Crippen molar-refractivity contribution in [2.45, 2.75) is 76.7 Å². The highest BCUT2D eigenvalue weighted by atomic mass is 16.5. The Morgan fingerprint density at radius 3 is 2.92 bits per heavy atom. The van der Waals surface area contributed by atoms with Crippen LogP contribution >= 0.6 is 0 Å². The fourth-order valence-corrected chi connectivity index (χ4v) is 3.64. The Labute approximate surface area is 144 Å². The molecule has 0 aromatic heterocycles. The minimum Gasteiger partial charge on any atom is -0.482 e. The van der Waals surface area contributed by atoms with Crippen LogP contribution in [0.5, 0.6) is 5.75 Å². The summed E-state index contributed by atoms with van der Waals surface area (Å²) in [5.41, 5.74) is 2.55. The Morgan fingerprint density at radius 2 is 2.17 bits per heavy atom. The first kappa shape index (κ1) is 18.8. The van der Waals surface area contributed by atoms with Gasteiger partial charge >= 0.3 is 5.97 Å². The molecule has 0 heterocycles. The lowest BCUT2D eigenvalue weighted by atomic mass is 9.79. The van der Waals surface area contributed by atoms with Crippen molar-refractivity contribution in [3.05, 3.63) is 29.3 Å². The number of benzene rings is 1. The number of hydrogen-bond acceptors (Lipinski definition) is 3. The minimum atomic E-state index is -0.936. The molecular formula is C20H30O4.